The lowest BCUT2D eigenvalue weighted by atomic mass is 9.92. The maximum absolute atomic E-state index is 12.7. The zero-order valence-corrected chi connectivity index (χ0v) is 16.3. The minimum Gasteiger partial charge on any atom is -0.385 e. The van der Waals surface area contributed by atoms with Crippen LogP contribution in [0.2, 0.25) is 0 Å². The second kappa shape index (κ2) is 11.1. The number of hydrogen-bond acceptors (Lipinski definition) is 3. The lowest BCUT2D eigenvalue weighted by Crippen LogP contribution is -2.35. The van der Waals surface area contributed by atoms with E-state index in [1.807, 2.05) is 76.3 Å². The van der Waals surface area contributed by atoms with Crippen molar-refractivity contribution < 1.29 is 4.79 Å². The maximum Gasteiger partial charge on any atom is 0.231 e. The van der Waals surface area contributed by atoms with Crippen LogP contribution in [0.3, 0.4) is 0 Å². The zero-order valence-electron chi connectivity index (χ0n) is 16.3. The van der Waals surface area contributed by atoms with E-state index < -0.39 is 0 Å². The van der Waals surface area contributed by atoms with E-state index in [1.54, 1.807) is 0 Å². The molecule has 1 aliphatic carbocycles. The standard InChI is InChI=1S/C20H25N3O.C2H6/c1-5-15-10-9-13-18(19(15)21-4)23-20(24)14(3)16-11-7-8-12-17(16)22-6-2;1-2/h5,7-15,19,22H,1,4,6H2,2-3H3,(H,23,24);1-2H3. The van der Waals surface area contributed by atoms with Gasteiger partial charge < -0.3 is 10.6 Å². The summed E-state index contributed by atoms with van der Waals surface area (Å²) in [6.07, 6.45) is 7.62. The molecule has 1 aliphatic rings. The Morgan fingerprint density at radius 3 is 2.65 bits per heavy atom. The molecule has 0 aliphatic heterocycles. The van der Waals surface area contributed by atoms with Gasteiger partial charge in [0.1, 0.15) is 0 Å². The van der Waals surface area contributed by atoms with Gasteiger partial charge in [-0.25, -0.2) is 0 Å². The van der Waals surface area contributed by atoms with Crippen molar-refractivity contribution in [2.24, 2.45) is 10.9 Å². The van der Waals surface area contributed by atoms with Crippen LogP contribution in [0.25, 0.3) is 0 Å². The van der Waals surface area contributed by atoms with Crippen molar-refractivity contribution in [3.8, 4) is 0 Å². The van der Waals surface area contributed by atoms with Crippen molar-refractivity contribution in [3.05, 3.63) is 66.4 Å². The van der Waals surface area contributed by atoms with Crippen LogP contribution < -0.4 is 10.6 Å². The number of carbonyl (C=O) groups is 1. The van der Waals surface area contributed by atoms with Crippen LogP contribution in [0.15, 0.2) is 65.8 Å². The van der Waals surface area contributed by atoms with Gasteiger partial charge in [-0.15, -0.1) is 6.58 Å². The molecule has 2 rings (SSSR count). The van der Waals surface area contributed by atoms with Gasteiger partial charge in [0.05, 0.1) is 12.0 Å². The monoisotopic (exact) mass is 353 g/mol. The summed E-state index contributed by atoms with van der Waals surface area (Å²) in [5, 5.41) is 6.32. The lowest BCUT2D eigenvalue weighted by Gasteiger charge is -2.25. The molecular formula is C22H31N3O. The third-order valence-electron chi connectivity index (χ3n) is 4.22. The van der Waals surface area contributed by atoms with Crippen LogP contribution in [-0.2, 0) is 4.79 Å². The van der Waals surface area contributed by atoms with Crippen LogP contribution >= 0.6 is 0 Å². The molecule has 0 spiro atoms. The normalized spacial score (nSPS) is 19.3. The van der Waals surface area contributed by atoms with Crippen molar-refractivity contribution in [1.82, 2.24) is 5.32 Å². The van der Waals surface area contributed by atoms with Crippen LogP contribution in [0.1, 0.15) is 39.2 Å². The zero-order chi connectivity index (χ0) is 19.5. The molecule has 1 aromatic carbocycles. The van der Waals surface area contributed by atoms with E-state index >= 15 is 0 Å². The Labute approximate surface area is 157 Å². The van der Waals surface area contributed by atoms with E-state index in [2.05, 4.69) is 28.9 Å². The van der Waals surface area contributed by atoms with E-state index in [-0.39, 0.29) is 23.8 Å². The molecule has 26 heavy (non-hydrogen) atoms. The van der Waals surface area contributed by atoms with Gasteiger partial charge in [0, 0.05) is 23.8 Å². The van der Waals surface area contributed by atoms with Crippen LogP contribution in [-0.4, -0.2) is 25.2 Å². The molecule has 2 N–H and O–H groups in total. The summed E-state index contributed by atoms with van der Waals surface area (Å²) in [7, 11) is 0. The van der Waals surface area contributed by atoms with Crippen LogP contribution in [0.5, 0.6) is 0 Å². The van der Waals surface area contributed by atoms with Crippen LogP contribution in [0.4, 0.5) is 5.69 Å². The molecule has 140 valence electrons. The number of nitrogens with zero attached hydrogens (tertiary/aromatic N) is 1. The topological polar surface area (TPSA) is 53.5 Å². The molecule has 1 aromatic rings. The quantitative estimate of drug-likeness (QED) is 0.552. The maximum atomic E-state index is 12.7. The first-order chi connectivity index (χ1) is 12.6. The number of nitrogens with one attached hydrogen (secondary N) is 2. The Kier molecular flexibility index (Phi) is 9.13. The Hall–Kier alpha value is -2.62. The number of amides is 1. The fourth-order valence-electron chi connectivity index (χ4n) is 2.86. The van der Waals surface area contributed by atoms with Crippen molar-refractivity contribution in [2.45, 2.75) is 39.7 Å². The predicted molar refractivity (Wildman–Crippen MR) is 113 cm³/mol. The average molecular weight is 354 g/mol. The van der Waals surface area contributed by atoms with Crippen molar-refractivity contribution in [1.29, 1.82) is 0 Å². The van der Waals surface area contributed by atoms with Gasteiger partial charge in [-0.05, 0) is 38.3 Å². The first kappa shape index (κ1) is 21.4. The number of rotatable bonds is 7. The summed E-state index contributed by atoms with van der Waals surface area (Å²) in [4.78, 5) is 16.9. The fraction of sp³-hybridized carbons (Fsp3) is 0.364. The molecule has 4 nitrogen and oxygen atoms in total. The highest BCUT2D eigenvalue weighted by molar-refractivity contribution is 5.86. The Morgan fingerprint density at radius 2 is 2.04 bits per heavy atom. The summed E-state index contributed by atoms with van der Waals surface area (Å²) >= 11 is 0. The second-order valence-corrected chi connectivity index (χ2v) is 5.78. The Morgan fingerprint density at radius 1 is 1.35 bits per heavy atom. The molecule has 4 heteroatoms. The first-order valence-corrected chi connectivity index (χ1v) is 9.22. The van der Waals surface area contributed by atoms with Gasteiger partial charge in [0.25, 0.3) is 0 Å². The Bertz CT molecular complexity index is 676. The number of hydrogen-bond donors (Lipinski definition) is 2. The molecule has 0 heterocycles. The van der Waals surface area contributed by atoms with Crippen molar-refractivity contribution in [2.75, 3.05) is 11.9 Å². The molecule has 3 atom stereocenters. The summed E-state index contributed by atoms with van der Waals surface area (Å²) in [6.45, 7) is 16.2. The molecule has 1 amide bonds. The van der Waals surface area contributed by atoms with E-state index in [1.165, 1.54) is 0 Å². The van der Waals surface area contributed by atoms with Gasteiger partial charge >= 0.3 is 0 Å². The molecule has 0 bridgehead atoms. The average Bonchev–Trinajstić information content (AvgIpc) is 2.69. The highest BCUT2D eigenvalue weighted by Crippen LogP contribution is 2.26. The summed E-state index contributed by atoms with van der Waals surface area (Å²) in [5.41, 5.74) is 2.73. The highest BCUT2D eigenvalue weighted by atomic mass is 16.1. The summed E-state index contributed by atoms with van der Waals surface area (Å²) < 4.78 is 0. The van der Waals surface area contributed by atoms with E-state index in [4.69, 9.17) is 0 Å². The molecule has 0 saturated heterocycles. The molecular weight excluding hydrogens is 322 g/mol. The Balaban J connectivity index is 0.00000163. The third kappa shape index (κ3) is 5.19. The smallest absolute Gasteiger partial charge is 0.231 e. The number of aliphatic imine (C=N–C) groups is 1. The SMILES string of the molecule is C=CC1C=CC=C(NC(=O)C(C)c2ccccc2NCC)C1N=C.CC. The summed E-state index contributed by atoms with van der Waals surface area (Å²) in [6, 6.07) is 7.69. The van der Waals surface area contributed by atoms with Gasteiger partial charge in [0.15, 0.2) is 0 Å². The second-order valence-electron chi connectivity index (χ2n) is 5.78. The minimum absolute atomic E-state index is 0.0483. The third-order valence-corrected chi connectivity index (χ3v) is 4.22. The minimum atomic E-state index is -0.278. The number of para-hydroxylation sites is 1. The van der Waals surface area contributed by atoms with Gasteiger partial charge in [-0.1, -0.05) is 50.3 Å². The molecule has 0 aromatic heterocycles. The molecule has 0 radical (unpaired) electrons. The van der Waals surface area contributed by atoms with E-state index in [9.17, 15) is 4.79 Å². The van der Waals surface area contributed by atoms with Crippen molar-refractivity contribution in [3.63, 3.8) is 0 Å². The summed E-state index contributed by atoms with van der Waals surface area (Å²) in [5.74, 6) is -0.287. The largest absolute Gasteiger partial charge is 0.385 e. The number of benzene rings is 1. The number of anilines is 1. The predicted octanol–water partition coefficient (Wildman–Crippen LogP) is 4.69. The number of allylic oxidation sites excluding steroid dienone is 2. The first-order valence-electron chi connectivity index (χ1n) is 9.22. The van der Waals surface area contributed by atoms with E-state index in [0.717, 1.165) is 23.5 Å². The lowest BCUT2D eigenvalue weighted by molar-refractivity contribution is -0.121. The van der Waals surface area contributed by atoms with Gasteiger partial charge in [0.2, 0.25) is 5.91 Å². The molecule has 0 fully saturated rings. The van der Waals surface area contributed by atoms with Gasteiger partial charge in [-0.3, -0.25) is 9.79 Å². The molecule has 0 saturated carbocycles. The number of carbonyl (C=O) groups excluding carboxylic acids is 1. The molecule has 3 unspecified atom stereocenters. The van der Waals surface area contributed by atoms with E-state index in [0.29, 0.717) is 0 Å². The highest BCUT2D eigenvalue weighted by Gasteiger charge is 2.25. The van der Waals surface area contributed by atoms with Crippen LogP contribution in [0, 0.1) is 5.92 Å². The van der Waals surface area contributed by atoms with Gasteiger partial charge in [-0.2, -0.15) is 0 Å². The van der Waals surface area contributed by atoms with Crippen molar-refractivity contribution >= 4 is 18.3 Å². The fourth-order valence-corrected chi connectivity index (χ4v) is 2.86.